The summed E-state index contributed by atoms with van der Waals surface area (Å²) in [5.41, 5.74) is 3.79. The van der Waals surface area contributed by atoms with Crippen molar-refractivity contribution in [1.29, 1.82) is 0 Å². The summed E-state index contributed by atoms with van der Waals surface area (Å²) in [6, 6.07) is 11.7. The zero-order valence-electron chi connectivity index (χ0n) is 16.5. The Balaban J connectivity index is 0.00000300. The van der Waals surface area contributed by atoms with Gasteiger partial charge in [-0.2, -0.15) is 0 Å². The van der Waals surface area contributed by atoms with Crippen LogP contribution in [0, 0.1) is 13.8 Å². The van der Waals surface area contributed by atoms with Gasteiger partial charge in [-0.05, 0) is 56.6 Å². The lowest BCUT2D eigenvalue weighted by atomic mass is 10.1. The number of carbonyl (C=O) groups is 1. The standard InChI is InChI=1S/C21H25N3O3S.ClH/c1-15-3-6-18(7-4-15)24-28(26,27)19-8-5-16(2)20(13-19)21(25)23-14-17-9-11-22-12-10-17;/h3-9,13,22,24H,10-12,14H2,1-2H3,(H,23,25);1H. The summed E-state index contributed by atoms with van der Waals surface area (Å²) < 4.78 is 28.0. The Morgan fingerprint density at radius 2 is 1.83 bits per heavy atom. The first-order chi connectivity index (χ1) is 13.3. The van der Waals surface area contributed by atoms with E-state index in [0.717, 1.165) is 30.6 Å². The van der Waals surface area contributed by atoms with Crippen molar-refractivity contribution < 1.29 is 13.2 Å². The zero-order chi connectivity index (χ0) is 20.1. The molecule has 0 bridgehead atoms. The van der Waals surface area contributed by atoms with E-state index in [1.54, 1.807) is 25.1 Å². The fourth-order valence-electron chi connectivity index (χ4n) is 2.97. The maximum absolute atomic E-state index is 12.7. The molecule has 0 aliphatic carbocycles. The Hall–Kier alpha value is -2.35. The van der Waals surface area contributed by atoms with Crippen LogP contribution in [0.4, 0.5) is 5.69 Å². The number of amides is 1. The van der Waals surface area contributed by atoms with Gasteiger partial charge in [-0.25, -0.2) is 8.42 Å². The molecule has 0 saturated heterocycles. The van der Waals surface area contributed by atoms with Crippen molar-refractivity contribution in [2.45, 2.75) is 25.2 Å². The molecule has 3 N–H and O–H groups in total. The van der Waals surface area contributed by atoms with Gasteiger partial charge in [0.2, 0.25) is 0 Å². The van der Waals surface area contributed by atoms with Crippen molar-refractivity contribution in [2.75, 3.05) is 24.4 Å². The average molecular weight is 436 g/mol. The number of benzene rings is 2. The van der Waals surface area contributed by atoms with Crippen LogP contribution in [0.5, 0.6) is 0 Å². The number of nitrogens with one attached hydrogen (secondary N) is 3. The minimum Gasteiger partial charge on any atom is -0.348 e. The van der Waals surface area contributed by atoms with Gasteiger partial charge in [-0.15, -0.1) is 12.4 Å². The van der Waals surface area contributed by atoms with E-state index in [2.05, 4.69) is 21.4 Å². The Morgan fingerprint density at radius 1 is 1.10 bits per heavy atom. The minimum atomic E-state index is -3.78. The summed E-state index contributed by atoms with van der Waals surface area (Å²) in [5.74, 6) is -0.274. The lowest BCUT2D eigenvalue weighted by Gasteiger charge is -2.15. The second-order valence-electron chi connectivity index (χ2n) is 6.95. The van der Waals surface area contributed by atoms with Crippen molar-refractivity contribution >= 4 is 34.0 Å². The number of hydrogen-bond acceptors (Lipinski definition) is 4. The molecule has 1 aliphatic rings. The summed E-state index contributed by atoms with van der Waals surface area (Å²) in [6.07, 6.45) is 2.97. The third-order valence-corrected chi connectivity index (χ3v) is 6.08. The van der Waals surface area contributed by atoms with Crippen molar-refractivity contribution in [1.82, 2.24) is 10.6 Å². The largest absolute Gasteiger partial charge is 0.348 e. The van der Waals surface area contributed by atoms with Gasteiger partial charge in [-0.1, -0.05) is 35.4 Å². The second-order valence-corrected chi connectivity index (χ2v) is 8.63. The molecule has 3 rings (SSSR count). The van der Waals surface area contributed by atoms with Crippen LogP contribution in [-0.2, 0) is 10.0 Å². The van der Waals surface area contributed by atoms with Gasteiger partial charge in [0.15, 0.2) is 0 Å². The van der Waals surface area contributed by atoms with E-state index in [-0.39, 0.29) is 23.2 Å². The smallest absolute Gasteiger partial charge is 0.261 e. The SMILES string of the molecule is Cc1ccc(NS(=O)(=O)c2ccc(C)c(C(=O)NCC3=CCNCC3)c2)cc1.Cl. The number of aryl methyl sites for hydroxylation is 2. The van der Waals surface area contributed by atoms with Gasteiger partial charge in [-0.3, -0.25) is 9.52 Å². The normalized spacial score (nSPS) is 13.8. The highest BCUT2D eigenvalue weighted by molar-refractivity contribution is 7.92. The molecule has 0 radical (unpaired) electrons. The van der Waals surface area contributed by atoms with E-state index >= 15 is 0 Å². The average Bonchev–Trinajstić information content (AvgIpc) is 2.69. The highest BCUT2D eigenvalue weighted by Gasteiger charge is 2.18. The first kappa shape index (κ1) is 22.9. The molecule has 156 valence electrons. The topological polar surface area (TPSA) is 87.3 Å². The van der Waals surface area contributed by atoms with E-state index in [0.29, 0.717) is 17.8 Å². The van der Waals surface area contributed by atoms with Gasteiger partial charge < -0.3 is 10.6 Å². The van der Waals surface area contributed by atoms with Crippen molar-refractivity contribution in [2.24, 2.45) is 0 Å². The van der Waals surface area contributed by atoms with E-state index in [9.17, 15) is 13.2 Å². The van der Waals surface area contributed by atoms with Gasteiger partial charge >= 0.3 is 0 Å². The predicted octanol–water partition coefficient (Wildman–Crippen LogP) is 3.18. The highest BCUT2D eigenvalue weighted by Crippen LogP contribution is 2.20. The fraction of sp³-hybridized carbons (Fsp3) is 0.286. The Kier molecular flexibility index (Phi) is 7.84. The molecule has 8 heteroatoms. The van der Waals surface area contributed by atoms with Gasteiger partial charge in [0.1, 0.15) is 0 Å². The van der Waals surface area contributed by atoms with Crippen molar-refractivity contribution in [3.8, 4) is 0 Å². The van der Waals surface area contributed by atoms with Crippen LogP contribution in [0.15, 0.2) is 59.0 Å². The van der Waals surface area contributed by atoms with Crippen LogP contribution in [0.3, 0.4) is 0 Å². The summed E-state index contributed by atoms with van der Waals surface area (Å²) in [6.45, 7) is 5.91. The Labute approximate surface area is 178 Å². The van der Waals surface area contributed by atoms with Gasteiger partial charge in [0.25, 0.3) is 15.9 Å². The van der Waals surface area contributed by atoms with E-state index in [4.69, 9.17) is 0 Å². The molecule has 0 spiro atoms. The lowest BCUT2D eigenvalue weighted by Crippen LogP contribution is -2.30. The summed E-state index contributed by atoms with van der Waals surface area (Å²) in [5, 5.41) is 6.12. The third kappa shape index (κ3) is 6.06. The molecule has 1 heterocycles. The minimum absolute atomic E-state index is 0. The second kappa shape index (κ2) is 9.91. The van der Waals surface area contributed by atoms with Gasteiger partial charge in [0, 0.05) is 24.3 Å². The first-order valence-corrected chi connectivity index (χ1v) is 10.7. The quantitative estimate of drug-likeness (QED) is 0.608. The third-order valence-electron chi connectivity index (χ3n) is 4.70. The summed E-state index contributed by atoms with van der Waals surface area (Å²) in [7, 11) is -3.78. The molecule has 2 aromatic carbocycles. The molecule has 0 aromatic heterocycles. The first-order valence-electron chi connectivity index (χ1n) is 9.22. The molecule has 0 saturated carbocycles. The van der Waals surface area contributed by atoms with E-state index < -0.39 is 10.0 Å². The molecule has 1 aliphatic heterocycles. The number of carbonyl (C=O) groups excluding carboxylic acids is 1. The fourth-order valence-corrected chi connectivity index (χ4v) is 4.05. The Bertz CT molecular complexity index is 1000. The summed E-state index contributed by atoms with van der Waals surface area (Å²) >= 11 is 0. The van der Waals surface area contributed by atoms with Crippen LogP contribution in [-0.4, -0.2) is 34.0 Å². The Morgan fingerprint density at radius 3 is 2.48 bits per heavy atom. The van der Waals surface area contributed by atoms with E-state index in [1.807, 2.05) is 19.1 Å². The predicted molar refractivity (Wildman–Crippen MR) is 118 cm³/mol. The number of anilines is 1. The maximum Gasteiger partial charge on any atom is 0.261 e. The van der Waals surface area contributed by atoms with Crippen LogP contribution in [0.25, 0.3) is 0 Å². The van der Waals surface area contributed by atoms with Crippen molar-refractivity contribution in [3.05, 3.63) is 70.8 Å². The number of halogens is 1. The van der Waals surface area contributed by atoms with Crippen LogP contribution in [0.2, 0.25) is 0 Å². The molecule has 0 unspecified atom stereocenters. The van der Waals surface area contributed by atoms with Crippen LogP contribution >= 0.6 is 12.4 Å². The number of sulfonamides is 1. The maximum atomic E-state index is 12.7. The van der Waals surface area contributed by atoms with Crippen LogP contribution < -0.4 is 15.4 Å². The van der Waals surface area contributed by atoms with Crippen LogP contribution in [0.1, 0.15) is 27.9 Å². The number of rotatable bonds is 6. The lowest BCUT2D eigenvalue weighted by molar-refractivity contribution is 0.0956. The molecular weight excluding hydrogens is 410 g/mol. The monoisotopic (exact) mass is 435 g/mol. The number of hydrogen-bond donors (Lipinski definition) is 3. The summed E-state index contributed by atoms with van der Waals surface area (Å²) in [4.78, 5) is 12.7. The zero-order valence-corrected chi connectivity index (χ0v) is 18.1. The molecule has 6 nitrogen and oxygen atoms in total. The molecule has 0 fully saturated rings. The molecule has 2 aromatic rings. The molecule has 1 amide bonds. The molecule has 29 heavy (non-hydrogen) atoms. The molecular formula is C21H26ClN3O3S. The van der Waals surface area contributed by atoms with Crippen molar-refractivity contribution in [3.63, 3.8) is 0 Å². The molecule has 0 atom stereocenters. The highest BCUT2D eigenvalue weighted by atomic mass is 35.5. The van der Waals surface area contributed by atoms with E-state index in [1.165, 1.54) is 17.7 Å². The van der Waals surface area contributed by atoms with Gasteiger partial charge in [0.05, 0.1) is 4.90 Å².